The molecule has 19 heavy (non-hydrogen) atoms. The van der Waals surface area contributed by atoms with E-state index in [1.54, 1.807) is 25.4 Å². The van der Waals surface area contributed by atoms with Crippen molar-refractivity contribution in [1.29, 1.82) is 0 Å². The zero-order chi connectivity index (χ0) is 13.9. The first kappa shape index (κ1) is 13.8. The topological polar surface area (TPSA) is 88.2 Å². The Balaban J connectivity index is 1.95. The SMILES string of the molecule is CNc1ncccc1C(=O)NCC1CCS(=O)(=O)C1. The van der Waals surface area contributed by atoms with Crippen LogP contribution < -0.4 is 10.6 Å². The smallest absolute Gasteiger partial charge is 0.255 e. The normalized spacial score (nSPS) is 21.0. The predicted octanol–water partition coefficient (Wildman–Crippen LogP) is 0.288. The zero-order valence-corrected chi connectivity index (χ0v) is 11.5. The van der Waals surface area contributed by atoms with Crippen LogP contribution in [0.3, 0.4) is 0 Å². The molecule has 1 aliphatic rings. The summed E-state index contributed by atoms with van der Waals surface area (Å²) in [7, 11) is -1.20. The minimum absolute atomic E-state index is 0.0173. The molecule has 1 atom stereocenters. The third-order valence-corrected chi connectivity index (χ3v) is 5.00. The fraction of sp³-hybridized carbons (Fsp3) is 0.500. The molecule has 2 N–H and O–H groups in total. The summed E-state index contributed by atoms with van der Waals surface area (Å²) in [5, 5.41) is 5.62. The van der Waals surface area contributed by atoms with Crippen molar-refractivity contribution in [3.05, 3.63) is 23.9 Å². The third kappa shape index (κ3) is 3.44. The van der Waals surface area contributed by atoms with Crippen LogP contribution in [0.1, 0.15) is 16.8 Å². The zero-order valence-electron chi connectivity index (χ0n) is 10.7. The predicted molar refractivity (Wildman–Crippen MR) is 72.9 cm³/mol. The quantitative estimate of drug-likeness (QED) is 0.829. The molecule has 104 valence electrons. The maximum absolute atomic E-state index is 12.0. The Labute approximate surface area is 112 Å². The second-order valence-corrected chi connectivity index (χ2v) is 6.86. The molecule has 0 spiro atoms. The van der Waals surface area contributed by atoms with Gasteiger partial charge in [-0.1, -0.05) is 0 Å². The molecule has 1 aromatic rings. The van der Waals surface area contributed by atoms with Crippen LogP contribution in [-0.4, -0.2) is 44.4 Å². The Morgan fingerprint density at radius 3 is 2.95 bits per heavy atom. The number of nitrogens with one attached hydrogen (secondary N) is 2. The molecule has 0 aromatic carbocycles. The third-order valence-electron chi connectivity index (χ3n) is 3.17. The lowest BCUT2D eigenvalue weighted by Crippen LogP contribution is -2.30. The van der Waals surface area contributed by atoms with Gasteiger partial charge < -0.3 is 10.6 Å². The number of nitrogens with zero attached hydrogens (tertiary/aromatic N) is 1. The largest absolute Gasteiger partial charge is 0.372 e. The Morgan fingerprint density at radius 2 is 2.32 bits per heavy atom. The molecule has 0 bridgehead atoms. The highest BCUT2D eigenvalue weighted by Gasteiger charge is 2.28. The molecule has 7 heteroatoms. The van der Waals surface area contributed by atoms with E-state index < -0.39 is 9.84 Å². The van der Waals surface area contributed by atoms with Crippen LogP contribution in [-0.2, 0) is 9.84 Å². The molecule has 1 aromatic heterocycles. The maximum Gasteiger partial charge on any atom is 0.255 e. The van der Waals surface area contributed by atoms with Crippen LogP contribution in [0.4, 0.5) is 5.82 Å². The summed E-state index contributed by atoms with van der Waals surface area (Å²) in [6.45, 7) is 0.385. The van der Waals surface area contributed by atoms with Crippen LogP contribution in [0.25, 0.3) is 0 Å². The van der Waals surface area contributed by atoms with Crippen molar-refractivity contribution in [2.45, 2.75) is 6.42 Å². The highest BCUT2D eigenvalue weighted by atomic mass is 32.2. The second-order valence-electron chi connectivity index (χ2n) is 4.63. The van der Waals surface area contributed by atoms with Crippen molar-refractivity contribution in [1.82, 2.24) is 10.3 Å². The van der Waals surface area contributed by atoms with Gasteiger partial charge in [-0.3, -0.25) is 4.79 Å². The van der Waals surface area contributed by atoms with Gasteiger partial charge in [-0.15, -0.1) is 0 Å². The highest BCUT2D eigenvalue weighted by Crippen LogP contribution is 2.18. The van der Waals surface area contributed by atoms with Gasteiger partial charge in [0.15, 0.2) is 9.84 Å². The number of hydrogen-bond donors (Lipinski definition) is 2. The first-order valence-corrected chi connectivity index (χ1v) is 7.95. The van der Waals surface area contributed by atoms with Crippen molar-refractivity contribution in [3.63, 3.8) is 0 Å². The lowest BCUT2D eigenvalue weighted by atomic mass is 10.1. The molecule has 1 saturated heterocycles. The highest BCUT2D eigenvalue weighted by molar-refractivity contribution is 7.91. The number of anilines is 1. The number of carbonyl (C=O) groups is 1. The van der Waals surface area contributed by atoms with Crippen LogP contribution >= 0.6 is 0 Å². The number of aromatic nitrogens is 1. The summed E-state index contributed by atoms with van der Waals surface area (Å²) in [6.07, 6.45) is 2.22. The van der Waals surface area contributed by atoms with Gasteiger partial charge in [0.25, 0.3) is 5.91 Å². The van der Waals surface area contributed by atoms with E-state index in [1.807, 2.05) is 0 Å². The molecule has 1 aliphatic heterocycles. The van der Waals surface area contributed by atoms with E-state index in [0.717, 1.165) is 0 Å². The standard InChI is InChI=1S/C12H17N3O3S/c1-13-11-10(3-2-5-14-11)12(16)15-7-9-4-6-19(17,18)8-9/h2-3,5,9H,4,6-8H2,1H3,(H,13,14)(H,15,16). The van der Waals surface area contributed by atoms with Gasteiger partial charge in [-0.2, -0.15) is 0 Å². The van der Waals surface area contributed by atoms with E-state index >= 15 is 0 Å². The summed E-state index contributed by atoms with van der Waals surface area (Å²) >= 11 is 0. The van der Waals surface area contributed by atoms with E-state index in [1.165, 1.54) is 0 Å². The molecule has 1 fully saturated rings. The van der Waals surface area contributed by atoms with Crippen molar-refractivity contribution in [3.8, 4) is 0 Å². The van der Waals surface area contributed by atoms with Gasteiger partial charge in [0.05, 0.1) is 17.1 Å². The maximum atomic E-state index is 12.0. The van der Waals surface area contributed by atoms with Gasteiger partial charge in [0.2, 0.25) is 0 Å². The average Bonchev–Trinajstić information content (AvgIpc) is 2.75. The molecule has 2 heterocycles. The number of hydrogen-bond acceptors (Lipinski definition) is 5. The number of carbonyl (C=O) groups excluding carboxylic acids is 1. The first-order valence-electron chi connectivity index (χ1n) is 6.13. The van der Waals surface area contributed by atoms with Crippen molar-refractivity contribution in [2.24, 2.45) is 5.92 Å². The summed E-state index contributed by atoms with van der Waals surface area (Å²) in [5.74, 6) is 0.686. The van der Waals surface area contributed by atoms with Gasteiger partial charge in [-0.05, 0) is 24.5 Å². The molecule has 6 nitrogen and oxygen atoms in total. The molecule has 0 saturated carbocycles. The van der Waals surface area contributed by atoms with Crippen LogP contribution in [0.15, 0.2) is 18.3 Å². The van der Waals surface area contributed by atoms with Gasteiger partial charge >= 0.3 is 0 Å². The van der Waals surface area contributed by atoms with Gasteiger partial charge in [0.1, 0.15) is 5.82 Å². The Morgan fingerprint density at radius 1 is 1.53 bits per heavy atom. The minimum Gasteiger partial charge on any atom is -0.372 e. The van der Waals surface area contributed by atoms with E-state index in [2.05, 4.69) is 15.6 Å². The second kappa shape index (κ2) is 5.56. The summed E-state index contributed by atoms with van der Waals surface area (Å²) in [4.78, 5) is 16.1. The van der Waals surface area contributed by atoms with Crippen LogP contribution in [0, 0.1) is 5.92 Å². The van der Waals surface area contributed by atoms with Gasteiger partial charge in [0, 0.05) is 19.8 Å². The molecule has 1 amide bonds. The number of pyridine rings is 1. The monoisotopic (exact) mass is 283 g/mol. The summed E-state index contributed by atoms with van der Waals surface area (Å²) < 4.78 is 22.6. The Bertz CT molecular complexity index is 571. The van der Waals surface area contributed by atoms with E-state index in [-0.39, 0.29) is 23.3 Å². The Kier molecular flexibility index (Phi) is 4.04. The molecule has 0 radical (unpaired) electrons. The van der Waals surface area contributed by atoms with E-state index in [9.17, 15) is 13.2 Å². The molecule has 0 aliphatic carbocycles. The fourth-order valence-corrected chi connectivity index (χ4v) is 4.01. The number of rotatable bonds is 4. The fourth-order valence-electron chi connectivity index (χ4n) is 2.15. The molecule has 2 rings (SSSR count). The summed E-state index contributed by atoms with van der Waals surface area (Å²) in [5.41, 5.74) is 0.464. The van der Waals surface area contributed by atoms with E-state index in [4.69, 9.17) is 0 Å². The first-order chi connectivity index (χ1) is 9.02. The number of amides is 1. The van der Waals surface area contributed by atoms with Crippen molar-refractivity contribution >= 4 is 21.6 Å². The van der Waals surface area contributed by atoms with Crippen LogP contribution in [0.2, 0.25) is 0 Å². The van der Waals surface area contributed by atoms with E-state index in [0.29, 0.717) is 24.3 Å². The molecular weight excluding hydrogens is 266 g/mol. The Hall–Kier alpha value is -1.63. The lowest BCUT2D eigenvalue weighted by molar-refractivity contribution is 0.0949. The minimum atomic E-state index is -2.90. The summed E-state index contributed by atoms with van der Waals surface area (Å²) in [6, 6.07) is 3.37. The van der Waals surface area contributed by atoms with Crippen LogP contribution in [0.5, 0.6) is 0 Å². The molecule has 1 unspecified atom stereocenters. The lowest BCUT2D eigenvalue weighted by Gasteiger charge is -2.11. The molecular formula is C12H17N3O3S. The van der Waals surface area contributed by atoms with Gasteiger partial charge in [-0.25, -0.2) is 13.4 Å². The van der Waals surface area contributed by atoms with Crippen molar-refractivity contribution in [2.75, 3.05) is 30.4 Å². The average molecular weight is 283 g/mol. The van der Waals surface area contributed by atoms with Crippen molar-refractivity contribution < 1.29 is 13.2 Å². The number of sulfone groups is 1.